The molecular weight excluding hydrogens is 322 g/mol. The minimum absolute atomic E-state index is 0.113. The molecule has 0 radical (unpaired) electrons. The van der Waals surface area contributed by atoms with Crippen LogP contribution in [-0.2, 0) is 9.53 Å². The Balaban J connectivity index is 1.70. The van der Waals surface area contributed by atoms with Gasteiger partial charge in [0.1, 0.15) is 6.10 Å². The summed E-state index contributed by atoms with van der Waals surface area (Å²) >= 11 is 0. The third kappa shape index (κ3) is 2.40. The summed E-state index contributed by atoms with van der Waals surface area (Å²) in [5, 5.41) is 1.17. The quantitative estimate of drug-likeness (QED) is 0.676. The Morgan fingerprint density at radius 1 is 0.885 bits per heavy atom. The second-order valence-electron chi connectivity index (χ2n) is 6.61. The summed E-state index contributed by atoms with van der Waals surface area (Å²) in [7, 11) is 0. The summed E-state index contributed by atoms with van der Waals surface area (Å²) in [4.78, 5) is 15.2. The van der Waals surface area contributed by atoms with Gasteiger partial charge in [0.25, 0.3) is 0 Å². The van der Waals surface area contributed by atoms with Crippen LogP contribution in [0.25, 0.3) is 27.7 Å². The molecule has 1 aliphatic carbocycles. The van der Waals surface area contributed by atoms with E-state index in [1.54, 1.807) is 0 Å². The second-order valence-corrected chi connectivity index (χ2v) is 6.61. The van der Waals surface area contributed by atoms with Crippen molar-refractivity contribution in [3.05, 3.63) is 90.5 Å². The largest absolute Gasteiger partial charge is 0.454 e. The predicted molar refractivity (Wildman–Crippen MR) is 103 cm³/mol. The van der Waals surface area contributed by atoms with Crippen LogP contribution < -0.4 is 0 Å². The number of carbonyl (C=O) groups is 1. The van der Waals surface area contributed by atoms with Gasteiger partial charge in [0.15, 0.2) is 0 Å². The summed E-state index contributed by atoms with van der Waals surface area (Å²) < 4.78 is 5.51. The first kappa shape index (κ1) is 15.0. The average Bonchev–Trinajstić information content (AvgIpc) is 3.07. The monoisotopic (exact) mass is 339 g/mol. The van der Waals surface area contributed by atoms with Crippen molar-refractivity contribution in [2.75, 3.05) is 0 Å². The van der Waals surface area contributed by atoms with E-state index in [4.69, 9.17) is 4.74 Å². The highest BCUT2D eigenvalue weighted by atomic mass is 16.5. The predicted octanol–water partition coefficient (Wildman–Crippen LogP) is 4.89. The number of carbonyl (C=O) groups excluding carboxylic acids is 1. The Bertz CT molecular complexity index is 1090. The van der Waals surface area contributed by atoms with E-state index >= 15 is 0 Å². The Morgan fingerprint density at radius 3 is 2.54 bits per heavy atom. The lowest BCUT2D eigenvalue weighted by Crippen LogP contribution is -2.27. The number of ether oxygens (including phenoxy) is 1. The molecule has 2 heterocycles. The smallest absolute Gasteiger partial charge is 0.331 e. The number of nitrogens with one attached hydrogen (secondary N) is 1. The van der Waals surface area contributed by atoms with Crippen LogP contribution in [0.15, 0.2) is 85.0 Å². The van der Waals surface area contributed by atoms with Gasteiger partial charge in [-0.25, -0.2) is 4.79 Å². The molecule has 2 aromatic carbocycles. The molecule has 0 saturated carbocycles. The van der Waals surface area contributed by atoms with Crippen molar-refractivity contribution in [2.24, 2.45) is 5.92 Å². The van der Waals surface area contributed by atoms with Crippen molar-refractivity contribution in [1.29, 1.82) is 0 Å². The van der Waals surface area contributed by atoms with Gasteiger partial charge in [0.05, 0.1) is 5.69 Å². The highest BCUT2D eigenvalue weighted by molar-refractivity contribution is 6.02. The second kappa shape index (κ2) is 5.88. The van der Waals surface area contributed by atoms with Gasteiger partial charge in [0, 0.05) is 28.5 Å². The fourth-order valence-electron chi connectivity index (χ4n) is 3.75. The van der Waals surface area contributed by atoms with Crippen LogP contribution in [-0.4, -0.2) is 17.1 Å². The summed E-state index contributed by atoms with van der Waals surface area (Å²) in [6.45, 7) is 0. The van der Waals surface area contributed by atoms with E-state index < -0.39 is 0 Å². The highest BCUT2D eigenvalue weighted by Crippen LogP contribution is 2.38. The van der Waals surface area contributed by atoms with E-state index in [1.807, 2.05) is 36.4 Å². The molecular formula is C23H17NO2. The molecule has 0 bridgehead atoms. The molecule has 126 valence electrons. The van der Waals surface area contributed by atoms with Gasteiger partial charge in [0.2, 0.25) is 0 Å². The molecule has 0 amide bonds. The van der Waals surface area contributed by atoms with Crippen molar-refractivity contribution in [1.82, 2.24) is 4.98 Å². The lowest BCUT2D eigenvalue weighted by molar-refractivity contribution is -0.143. The number of rotatable bonds is 2. The zero-order chi connectivity index (χ0) is 17.5. The van der Waals surface area contributed by atoms with Gasteiger partial charge < -0.3 is 9.72 Å². The van der Waals surface area contributed by atoms with Crippen LogP contribution in [0.2, 0.25) is 0 Å². The van der Waals surface area contributed by atoms with E-state index in [1.165, 1.54) is 11.5 Å². The maximum atomic E-state index is 11.6. The van der Waals surface area contributed by atoms with E-state index in [2.05, 4.69) is 47.5 Å². The Labute approximate surface area is 151 Å². The number of benzene rings is 2. The summed E-state index contributed by atoms with van der Waals surface area (Å²) in [5.41, 5.74) is 5.53. The molecule has 0 spiro atoms. The lowest BCUT2D eigenvalue weighted by Gasteiger charge is -2.26. The maximum Gasteiger partial charge on any atom is 0.331 e. The molecule has 5 rings (SSSR count). The number of hydrogen-bond donors (Lipinski definition) is 1. The van der Waals surface area contributed by atoms with Gasteiger partial charge in [-0.05, 0) is 23.3 Å². The number of hydrogen-bond acceptors (Lipinski definition) is 2. The van der Waals surface area contributed by atoms with Crippen molar-refractivity contribution < 1.29 is 9.53 Å². The molecule has 2 aliphatic rings. The van der Waals surface area contributed by atoms with Gasteiger partial charge in [-0.1, -0.05) is 66.8 Å². The number of fused-ring (bicyclic) bond motifs is 2. The van der Waals surface area contributed by atoms with Crippen LogP contribution in [0.4, 0.5) is 0 Å². The van der Waals surface area contributed by atoms with Crippen LogP contribution in [0.3, 0.4) is 0 Å². The molecule has 3 nitrogen and oxygen atoms in total. The first-order chi connectivity index (χ1) is 12.8. The molecule has 3 heteroatoms. The van der Waals surface area contributed by atoms with E-state index in [0.717, 1.165) is 27.9 Å². The minimum atomic E-state index is -0.278. The first-order valence-electron chi connectivity index (χ1n) is 8.75. The van der Waals surface area contributed by atoms with Crippen molar-refractivity contribution >= 4 is 22.4 Å². The normalized spacial score (nSPS) is 21.4. The van der Waals surface area contributed by atoms with Gasteiger partial charge in [-0.2, -0.15) is 0 Å². The molecule has 2 atom stereocenters. The standard InChI is InChI=1S/C23H17NO2/c25-21-13-12-15-10-11-17(14-20(15)26-21)22-18-8-4-5-9-19(18)24-23(22)16-6-2-1-3-7-16/h1-15,20,24H. The van der Waals surface area contributed by atoms with Crippen LogP contribution in [0.5, 0.6) is 0 Å². The number of aromatic amines is 1. The van der Waals surface area contributed by atoms with Gasteiger partial charge in [-0.15, -0.1) is 0 Å². The zero-order valence-corrected chi connectivity index (χ0v) is 14.1. The highest BCUT2D eigenvalue weighted by Gasteiger charge is 2.27. The number of aromatic nitrogens is 1. The summed E-state index contributed by atoms with van der Waals surface area (Å²) in [6.07, 6.45) is 9.48. The topological polar surface area (TPSA) is 42.1 Å². The molecule has 0 saturated heterocycles. The third-order valence-electron chi connectivity index (χ3n) is 4.99. The number of esters is 1. The molecule has 0 fully saturated rings. The molecule has 26 heavy (non-hydrogen) atoms. The lowest BCUT2D eigenvalue weighted by atomic mass is 9.87. The summed E-state index contributed by atoms with van der Waals surface area (Å²) in [6, 6.07) is 18.6. The van der Waals surface area contributed by atoms with Crippen LogP contribution in [0.1, 0.15) is 5.56 Å². The molecule has 1 N–H and O–H groups in total. The molecule has 3 aromatic rings. The van der Waals surface area contributed by atoms with Gasteiger partial charge >= 0.3 is 5.97 Å². The van der Waals surface area contributed by atoms with Crippen molar-refractivity contribution in [2.45, 2.75) is 6.10 Å². The molecule has 1 aromatic heterocycles. The fraction of sp³-hybridized carbons (Fsp3) is 0.0870. The van der Waals surface area contributed by atoms with Crippen molar-refractivity contribution in [3.63, 3.8) is 0 Å². The first-order valence-corrected chi connectivity index (χ1v) is 8.75. The SMILES string of the molecule is O=C1C=CC2C=CC(c3c(-c4ccccc4)[nH]c4ccccc34)=CC2O1. The Hall–Kier alpha value is -3.33. The maximum absolute atomic E-state index is 11.6. The van der Waals surface area contributed by atoms with Crippen molar-refractivity contribution in [3.8, 4) is 11.3 Å². The minimum Gasteiger partial charge on any atom is -0.454 e. The van der Waals surface area contributed by atoms with E-state index in [0.29, 0.717) is 0 Å². The summed E-state index contributed by atoms with van der Waals surface area (Å²) in [5.74, 6) is -0.166. The number of para-hydroxylation sites is 1. The van der Waals surface area contributed by atoms with Crippen LogP contribution in [0, 0.1) is 5.92 Å². The number of allylic oxidation sites excluding steroid dienone is 2. The molecule has 2 unspecified atom stereocenters. The van der Waals surface area contributed by atoms with E-state index in [-0.39, 0.29) is 18.0 Å². The zero-order valence-electron chi connectivity index (χ0n) is 14.1. The molecule has 1 aliphatic heterocycles. The van der Waals surface area contributed by atoms with E-state index in [9.17, 15) is 4.79 Å². The number of H-pyrrole nitrogens is 1. The Kier molecular flexibility index (Phi) is 3.39. The fourth-order valence-corrected chi connectivity index (χ4v) is 3.75. The third-order valence-corrected chi connectivity index (χ3v) is 4.99. The van der Waals surface area contributed by atoms with Gasteiger partial charge in [-0.3, -0.25) is 0 Å². The average molecular weight is 339 g/mol. The Morgan fingerprint density at radius 2 is 1.65 bits per heavy atom. The van der Waals surface area contributed by atoms with Crippen LogP contribution >= 0.6 is 0 Å².